The van der Waals surface area contributed by atoms with E-state index in [1.54, 1.807) is 0 Å². The average molecular weight is 263 g/mol. The van der Waals surface area contributed by atoms with Gasteiger partial charge < -0.3 is 0 Å². The SMILES string of the molecule is BrCc1[c]cccc1CBr. The average Bonchev–Trinajstić information content (AvgIpc) is 2.04. The van der Waals surface area contributed by atoms with E-state index >= 15 is 0 Å². The van der Waals surface area contributed by atoms with E-state index in [0.29, 0.717) is 0 Å². The molecule has 0 spiro atoms. The van der Waals surface area contributed by atoms with E-state index in [4.69, 9.17) is 0 Å². The van der Waals surface area contributed by atoms with Gasteiger partial charge in [0.2, 0.25) is 0 Å². The molecule has 0 heterocycles. The third kappa shape index (κ3) is 1.83. The minimum atomic E-state index is 0.884. The Hall–Kier alpha value is 0.180. The molecular weight excluding hydrogens is 256 g/mol. The molecule has 2 heteroatoms. The normalized spacial score (nSPS) is 9.80. The third-order valence-corrected chi connectivity index (χ3v) is 2.48. The van der Waals surface area contributed by atoms with Crippen molar-refractivity contribution in [3.05, 3.63) is 35.4 Å². The standard InChI is InChI=1S/C8H7Br2/c9-5-7-3-1-2-4-8(7)6-10/h1-3H,5-6H2. The molecule has 0 N–H and O–H groups in total. The Morgan fingerprint density at radius 2 is 2.10 bits per heavy atom. The summed E-state index contributed by atoms with van der Waals surface area (Å²) >= 11 is 6.81. The first kappa shape index (κ1) is 8.28. The summed E-state index contributed by atoms with van der Waals surface area (Å²) in [5, 5.41) is 1.79. The van der Waals surface area contributed by atoms with E-state index < -0.39 is 0 Å². The maximum absolute atomic E-state index is 3.41. The summed E-state index contributed by atoms with van der Waals surface area (Å²) in [6, 6.07) is 9.20. The molecule has 0 saturated heterocycles. The van der Waals surface area contributed by atoms with E-state index in [1.165, 1.54) is 11.1 Å². The number of rotatable bonds is 2. The van der Waals surface area contributed by atoms with Crippen LogP contribution in [0.4, 0.5) is 0 Å². The van der Waals surface area contributed by atoms with Crippen LogP contribution in [-0.4, -0.2) is 0 Å². The molecule has 0 aliphatic carbocycles. The zero-order chi connectivity index (χ0) is 7.40. The number of halogens is 2. The minimum absolute atomic E-state index is 0.884. The van der Waals surface area contributed by atoms with E-state index in [0.717, 1.165) is 10.7 Å². The highest BCUT2D eigenvalue weighted by atomic mass is 79.9. The summed E-state index contributed by atoms with van der Waals surface area (Å²) in [6.07, 6.45) is 0. The van der Waals surface area contributed by atoms with Crippen LogP contribution in [-0.2, 0) is 10.7 Å². The molecule has 0 amide bonds. The monoisotopic (exact) mass is 261 g/mol. The fourth-order valence-electron chi connectivity index (χ4n) is 0.756. The molecule has 1 radical (unpaired) electrons. The van der Waals surface area contributed by atoms with Crippen molar-refractivity contribution >= 4 is 31.9 Å². The van der Waals surface area contributed by atoms with E-state index in [1.807, 2.05) is 12.1 Å². The van der Waals surface area contributed by atoms with Gasteiger partial charge in [-0.05, 0) is 17.2 Å². The number of benzene rings is 1. The Balaban J connectivity index is 2.96. The quantitative estimate of drug-likeness (QED) is 0.718. The molecule has 1 aromatic rings. The van der Waals surface area contributed by atoms with E-state index in [9.17, 15) is 0 Å². The first-order valence-electron chi connectivity index (χ1n) is 2.99. The lowest BCUT2D eigenvalue weighted by Crippen LogP contribution is -1.85. The van der Waals surface area contributed by atoms with Crippen LogP contribution in [0.15, 0.2) is 18.2 Å². The molecule has 10 heavy (non-hydrogen) atoms. The molecular formula is C8H7Br2. The maximum atomic E-state index is 3.41. The first-order chi connectivity index (χ1) is 4.88. The molecule has 0 atom stereocenters. The van der Waals surface area contributed by atoms with Gasteiger partial charge in [-0.2, -0.15) is 0 Å². The summed E-state index contributed by atoms with van der Waals surface area (Å²) in [4.78, 5) is 0. The zero-order valence-corrected chi connectivity index (χ0v) is 8.57. The van der Waals surface area contributed by atoms with Crippen LogP contribution in [0.5, 0.6) is 0 Å². The Morgan fingerprint density at radius 1 is 1.30 bits per heavy atom. The smallest absolute Gasteiger partial charge is 0.0292 e. The lowest BCUT2D eigenvalue weighted by Gasteiger charge is -2.00. The van der Waals surface area contributed by atoms with Crippen LogP contribution in [0.25, 0.3) is 0 Å². The maximum Gasteiger partial charge on any atom is 0.0292 e. The van der Waals surface area contributed by atoms with E-state index in [-0.39, 0.29) is 0 Å². The van der Waals surface area contributed by atoms with Gasteiger partial charge in [0.05, 0.1) is 0 Å². The molecule has 0 saturated carbocycles. The summed E-state index contributed by atoms with van der Waals surface area (Å²) in [5.74, 6) is 0. The van der Waals surface area contributed by atoms with Crippen molar-refractivity contribution in [3.8, 4) is 0 Å². The highest BCUT2D eigenvalue weighted by Crippen LogP contribution is 2.14. The molecule has 1 aromatic carbocycles. The van der Waals surface area contributed by atoms with E-state index in [2.05, 4.69) is 44.0 Å². The second-order valence-corrected chi connectivity index (χ2v) is 3.06. The summed E-state index contributed by atoms with van der Waals surface area (Å²) < 4.78 is 0. The van der Waals surface area contributed by atoms with Crippen LogP contribution in [0.1, 0.15) is 11.1 Å². The van der Waals surface area contributed by atoms with Gasteiger partial charge in [0, 0.05) is 10.7 Å². The summed E-state index contributed by atoms with van der Waals surface area (Å²) in [7, 11) is 0. The van der Waals surface area contributed by atoms with Crippen molar-refractivity contribution in [2.75, 3.05) is 0 Å². The van der Waals surface area contributed by atoms with Gasteiger partial charge in [-0.1, -0.05) is 50.1 Å². The number of alkyl halides is 2. The fraction of sp³-hybridized carbons (Fsp3) is 0.250. The topological polar surface area (TPSA) is 0 Å². The van der Waals surface area contributed by atoms with Gasteiger partial charge in [-0.3, -0.25) is 0 Å². The molecule has 0 bridgehead atoms. The van der Waals surface area contributed by atoms with Crippen LogP contribution in [0.3, 0.4) is 0 Å². The Kier molecular flexibility index (Phi) is 3.43. The van der Waals surface area contributed by atoms with Crippen molar-refractivity contribution in [3.63, 3.8) is 0 Å². The largest absolute Gasteiger partial charge is 0.0876 e. The molecule has 53 valence electrons. The van der Waals surface area contributed by atoms with Gasteiger partial charge >= 0.3 is 0 Å². The van der Waals surface area contributed by atoms with Crippen molar-refractivity contribution in [2.24, 2.45) is 0 Å². The summed E-state index contributed by atoms with van der Waals surface area (Å²) in [6.45, 7) is 0. The lowest BCUT2D eigenvalue weighted by molar-refractivity contribution is 1.30. The molecule has 0 unspecified atom stereocenters. The molecule has 0 aliphatic rings. The second kappa shape index (κ2) is 4.14. The van der Waals surface area contributed by atoms with Gasteiger partial charge in [-0.25, -0.2) is 0 Å². The fourth-order valence-corrected chi connectivity index (χ4v) is 1.80. The van der Waals surface area contributed by atoms with Crippen molar-refractivity contribution in [1.82, 2.24) is 0 Å². The Morgan fingerprint density at radius 3 is 2.60 bits per heavy atom. The van der Waals surface area contributed by atoms with Crippen LogP contribution >= 0.6 is 31.9 Å². The predicted octanol–water partition coefficient (Wildman–Crippen LogP) is 3.28. The molecule has 0 fully saturated rings. The Bertz CT molecular complexity index is 185. The second-order valence-electron chi connectivity index (χ2n) is 1.94. The predicted molar refractivity (Wildman–Crippen MR) is 50.5 cm³/mol. The van der Waals surface area contributed by atoms with Gasteiger partial charge in [0.1, 0.15) is 0 Å². The van der Waals surface area contributed by atoms with Gasteiger partial charge in [0.25, 0.3) is 0 Å². The molecule has 1 rings (SSSR count). The van der Waals surface area contributed by atoms with Crippen molar-refractivity contribution in [1.29, 1.82) is 0 Å². The van der Waals surface area contributed by atoms with Crippen molar-refractivity contribution in [2.45, 2.75) is 10.7 Å². The zero-order valence-electron chi connectivity index (χ0n) is 5.40. The van der Waals surface area contributed by atoms with Crippen molar-refractivity contribution < 1.29 is 0 Å². The van der Waals surface area contributed by atoms with Crippen LogP contribution in [0, 0.1) is 6.07 Å². The summed E-state index contributed by atoms with van der Waals surface area (Å²) in [5.41, 5.74) is 2.54. The number of hydrogen-bond acceptors (Lipinski definition) is 0. The Labute approximate surface area is 77.9 Å². The molecule has 0 nitrogen and oxygen atoms in total. The highest BCUT2D eigenvalue weighted by molar-refractivity contribution is 9.09. The minimum Gasteiger partial charge on any atom is -0.0876 e. The number of hydrogen-bond donors (Lipinski definition) is 0. The van der Waals surface area contributed by atoms with Crippen LogP contribution in [0.2, 0.25) is 0 Å². The lowest BCUT2D eigenvalue weighted by atomic mass is 10.1. The first-order valence-corrected chi connectivity index (χ1v) is 5.23. The third-order valence-electron chi connectivity index (χ3n) is 1.32. The van der Waals surface area contributed by atoms with Gasteiger partial charge in [0.15, 0.2) is 0 Å². The highest BCUT2D eigenvalue weighted by Gasteiger charge is 1.96. The van der Waals surface area contributed by atoms with Crippen LogP contribution < -0.4 is 0 Å². The van der Waals surface area contributed by atoms with Gasteiger partial charge in [-0.15, -0.1) is 0 Å². The molecule has 0 aromatic heterocycles. The molecule has 0 aliphatic heterocycles.